The molecular weight excluding hydrogens is 358 g/mol. The molecule has 4 aromatic rings. The number of carbonyl (C=O) groups is 1. The minimum Gasteiger partial charge on any atom is -0.441 e. The van der Waals surface area contributed by atoms with Crippen LogP contribution in [0.4, 0.5) is 0 Å². The molecule has 4 rings (SSSR count). The number of esters is 1. The summed E-state index contributed by atoms with van der Waals surface area (Å²) < 4.78 is 16.2. The van der Waals surface area contributed by atoms with Gasteiger partial charge in [0.15, 0.2) is 0 Å². The van der Waals surface area contributed by atoms with E-state index in [9.17, 15) is 9.59 Å². The van der Waals surface area contributed by atoms with Gasteiger partial charge in [-0.3, -0.25) is 4.79 Å². The summed E-state index contributed by atoms with van der Waals surface area (Å²) in [4.78, 5) is 28.3. The number of aromatic nitrogens is 1. The van der Waals surface area contributed by atoms with Gasteiger partial charge in [-0.15, -0.1) is 0 Å². The number of carbonyl (C=O) groups excluding carboxylic acids is 1. The van der Waals surface area contributed by atoms with Crippen molar-refractivity contribution in [3.05, 3.63) is 82.0 Å². The summed E-state index contributed by atoms with van der Waals surface area (Å²) in [6.45, 7) is 3.58. The number of rotatable bonds is 4. The summed E-state index contributed by atoms with van der Waals surface area (Å²) >= 11 is 0. The predicted molar refractivity (Wildman–Crippen MR) is 103 cm³/mol. The molecule has 140 valence electrons. The van der Waals surface area contributed by atoms with E-state index in [0.29, 0.717) is 28.7 Å². The third-order valence-corrected chi connectivity index (χ3v) is 4.38. The van der Waals surface area contributed by atoms with Gasteiger partial charge in [-0.1, -0.05) is 18.2 Å². The van der Waals surface area contributed by atoms with Crippen LogP contribution in [0.15, 0.2) is 68.2 Å². The van der Waals surface area contributed by atoms with E-state index in [1.54, 1.807) is 19.1 Å². The summed E-state index contributed by atoms with van der Waals surface area (Å²) in [5.74, 6) is 0.848. The molecule has 0 saturated carbocycles. The molecule has 2 aromatic heterocycles. The molecule has 28 heavy (non-hydrogen) atoms. The smallest absolute Gasteiger partial charge is 0.336 e. The van der Waals surface area contributed by atoms with Crippen molar-refractivity contribution in [1.29, 1.82) is 0 Å². The Labute approximate surface area is 160 Å². The van der Waals surface area contributed by atoms with Crippen molar-refractivity contribution in [2.24, 2.45) is 0 Å². The highest BCUT2D eigenvalue weighted by Crippen LogP contribution is 2.24. The zero-order chi connectivity index (χ0) is 19.7. The first-order valence-electron chi connectivity index (χ1n) is 8.76. The Morgan fingerprint density at radius 3 is 2.61 bits per heavy atom. The van der Waals surface area contributed by atoms with Gasteiger partial charge in [0.05, 0.1) is 12.1 Å². The normalized spacial score (nSPS) is 10.9. The first kappa shape index (κ1) is 17.7. The minimum atomic E-state index is -0.481. The van der Waals surface area contributed by atoms with Crippen molar-refractivity contribution < 1.29 is 18.4 Å². The maximum atomic E-state index is 12.4. The molecule has 6 nitrogen and oxygen atoms in total. The molecule has 0 aliphatic carbocycles. The summed E-state index contributed by atoms with van der Waals surface area (Å²) in [5, 5.41) is 0.791. The Morgan fingerprint density at radius 1 is 1.04 bits per heavy atom. The molecule has 0 aliphatic rings. The van der Waals surface area contributed by atoms with E-state index in [1.165, 1.54) is 12.1 Å². The van der Waals surface area contributed by atoms with Gasteiger partial charge in [0.1, 0.15) is 17.1 Å². The van der Waals surface area contributed by atoms with Gasteiger partial charge in [0, 0.05) is 23.1 Å². The predicted octanol–water partition coefficient (Wildman–Crippen LogP) is 4.21. The van der Waals surface area contributed by atoms with E-state index in [2.05, 4.69) is 4.98 Å². The second-order valence-corrected chi connectivity index (χ2v) is 6.45. The number of ether oxygens (including phenoxy) is 1. The van der Waals surface area contributed by atoms with Gasteiger partial charge in [0.25, 0.3) is 0 Å². The van der Waals surface area contributed by atoms with E-state index < -0.39 is 11.6 Å². The maximum Gasteiger partial charge on any atom is 0.336 e. The van der Waals surface area contributed by atoms with Crippen LogP contribution in [0.3, 0.4) is 0 Å². The Bertz CT molecular complexity index is 1220. The molecule has 2 aromatic carbocycles. The average molecular weight is 375 g/mol. The zero-order valence-electron chi connectivity index (χ0n) is 15.4. The highest BCUT2D eigenvalue weighted by Gasteiger charge is 2.16. The lowest BCUT2D eigenvalue weighted by Gasteiger charge is -2.05. The Kier molecular flexibility index (Phi) is 4.53. The number of oxazole rings is 1. The van der Waals surface area contributed by atoms with Gasteiger partial charge < -0.3 is 13.6 Å². The van der Waals surface area contributed by atoms with Gasteiger partial charge in [-0.25, -0.2) is 9.78 Å². The van der Waals surface area contributed by atoms with Crippen molar-refractivity contribution in [3.63, 3.8) is 0 Å². The van der Waals surface area contributed by atoms with E-state index in [1.807, 2.05) is 37.3 Å². The van der Waals surface area contributed by atoms with E-state index in [-0.39, 0.29) is 6.42 Å². The van der Waals surface area contributed by atoms with Gasteiger partial charge in [-0.05, 0) is 43.7 Å². The molecule has 0 aliphatic heterocycles. The molecule has 6 heteroatoms. The lowest BCUT2D eigenvalue weighted by atomic mass is 10.1. The van der Waals surface area contributed by atoms with Crippen LogP contribution in [-0.4, -0.2) is 11.0 Å². The van der Waals surface area contributed by atoms with E-state index in [0.717, 1.165) is 16.5 Å². The van der Waals surface area contributed by atoms with Gasteiger partial charge in [0.2, 0.25) is 5.89 Å². The zero-order valence-corrected chi connectivity index (χ0v) is 15.4. The molecule has 2 heterocycles. The van der Waals surface area contributed by atoms with Crippen LogP contribution < -0.4 is 10.4 Å². The Morgan fingerprint density at radius 2 is 1.82 bits per heavy atom. The third kappa shape index (κ3) is 3.57. The molecule has 0 bridgehead atoms. The maximum absolute atomic E-state index is 12.4. The molecule has 0 saturated heterocycles. The number of hydrogen-bond acceptors (Lipinski definition) is 6. The fourth-order valence-corrected chi connectivity index (χ4v) is 2.97. The first-order chi connectivity index (χ1) is 13.5. The Hall–Kier alpha value is -3.67. The Balaban J connectivity index is 1.53. The van der Waals surface area contributed by atoms with Crippen LogP contribution in [0.1, 0.15) is 17.0 Å². The minimum absolute atomic E-state index is 0.0298. The molecule has 0 unspecified atom stereocenters. The van der Waals surface area contributed by atoms with E-state index in [4.69, 9.17) is 13.6 Å². The average Bonchev–Trinajstić information content (AvgIpc) is 3.02. The fourth-order valence-electron chi connectivity index (χ4n) is 2.97. The van der Waals surface area contributed by atoms with E-state index >= 15 is 0 Å². The second kappa shape index (κ2) is 7.15. The monoisotopic (exact) mass is 375 g/mol. The quantitative estimate of drug-likeness (QED) is 0.302. The highest BCUT2D eigenvalue weighted by molar-refractivity contribution is 5.82. The van der Waals surface area contributed by atoms with Crippen LogP contribution in [0.25, 0.3) is 22.4 Å². The van der Waals surface area contributed by atoms with Crippen molar-refractivity contribution >= 4 is 16.9 Å². The number of hydrogen-bond donors (Lipinski definition) is 0. The molecular formula is C22H17NO5. The SMILES string of the molecule is Cc1oc(-c2ccccc2)nc1CC(=O)Oc1ccc2c(C)cc(=O)oc2c1. The summed E-state index contributed by atoms with van der Waals surface area (Å²) in [6, 6.07) is 15.8. The van der Waals surface area contributed by atoms with Crippen molar-refractivity contribution in [3.8, 4) is 17.2 Å². The topological polar surface area (TPSA) is 82.5 Å². The molecule has 0 N–H and O–H groups in total. The molecule has 0 radical (unpaired) electrons. The number of benzene rings is 2. The van der Waals surface area contributed by atoms with Gasteiger partial charge in [-0.2, -0.15) is 0 Å². The fraction of sp³-hybridized carbons (Fsp3) is 0.136. The van der Waals surface area contributed by atoms with Crippen LogP contribution in [0.2, 0.25) is 0 Å². The largest absolute Gasteiger partial charge is 0.441 e. The summed E-state index contributed by atoms with van der Waals surface area (Å²) in [6.07, 6.45) is -0.0298. The highest BCUT2D eigenvalue weighted by atomic mass is 16.5. The number of nitrogens with zero attached hydrogens (tertiary/aromatic N) is 1. The molecule has 0 amide bonds. The van der Waals surface area contributed by atoms with Gasteiger partial charge >= 0.3 is 11.6 Å². The summed E-state index contributed by atoms with van der Waals surface area (Å²) in [7, 11) is 0. The van der Waals surface area contributed by atoms with Crippen LogP contribution in [-0.2, 0) is 11.2 Å². The molecule has 0 atom stereocenters. The van der Waals surface area contributed by atoms with Crippen LogP contribution in [0.5, 0.6) is 5.75 Å². The van der Waals surface area contributed by atoms with Crippen LogP contribution >= 0.6 is 0 Å². The van der Waals surface area contributed by atoms with Crippen LogP contribution in [0, 0.1) is 13.8 Å². The number of aryl methyl sites for hydroxylation is 2. The number of fused-ring (bicyclic) bond motifs is 1. The van der Waals surface area contributed by atoms with Crippen molar-refractivity contribution in [2.45, 2.75) is 20.3 Å². The standard InChI is InChI=1S/C22H17NO5/c1-13-10-20(24)28-19-11-16(8-9-17(13)19)27-21(25)12-18-14(2)26-22(23-18)15-6-4-3-5-7-15/h3-11H,12H2,1-2H3. The second-order valence-electron chi connectivity index (χ2n) is 6.45. The lowest BCUT2D eigenvalue weighted by molar-refractivity contribution is -0.133. The molecule has 0 fully saturated rings. The third-order valence-electron chi connectivity index (χ3n) is 4.38. The first-order valence-corrected chi connectivity index (χ1v) is 8.76. The summed E-state index contributed by atoms with van der Waals surface area (Å²) in [5.41, 5.74) is 2.09. The lowest BCUT2D eigenvalue weighted by Crippen LogP contribution is -2.12. The van der Waals surface area contributed by atoms with Crippen molar-refractivity contribution in [1.82, 2.24) is 4.98 Å². The molecule has 0 spiro atoms. The van der Waals surface area contributed by atoms with Crippen molar-refractivity contribution in [2.75, 3.05) is 0 Å².